The van der Waals surface area contributed by atoms with Crippen LogP contribution >= 0.6 is 0 Å². The first-order valence-corrected chi connectivity index (χ1v) is 6.67. The summed E-state index contributed by atoms with van der Waals surface area (Å²) in [5.74, 6) is -2.47. The number of nitro benzene ring substituents is 4. The molecular weight excluding hydrogens is 372 g/mol. The van der Waals surface area contributed by atoms with Crippen molar-refractivity contribution in [2.45, 2.75) is 0 Å². The van der Waals surface area contributed by atoms with Crippen molar-refractivity contribution in [2.75, 3.05) is 0 Å². The number of nitro groups is 4. The van der Waals surface area contributed by atoms with Crippen LogP contribution in [0, 0.1) is 40.5 Å². The van der Waals surface area contributed by atoms with Crippen molar-refractivity contribution in [3.8, 4) is 5.75 Å². The first kappa shape index (κ1) is 18.8. The van der Waals surface area contributed by atoms with E-state index in [9.17, 15) is 50.4 Å². The van der Waals surface area contributed by atoms with E-state index in [1.165, 1.54) is 0 Å². The zero-order chi connectivity index (χ0) is 20.5. The van der Waals surface area contributed by atoms with Gasteiger partial charge in [0, 0.05) is 35.4 Å². The lowest BCUT2D eigenvalue weighted by Crippen LogP contribution is -2.06. The average Bonchev–Trinajstić information content (AvgIpc) is 2.60. The second kappa shape index (κ2) is 6.79. The summed E-state index contributed by atoms with van der Waals surface area (Å²) in [5.41, 5.74) is -5.14. The van der Waals surface area contributed by atoms with Gasteiger partial charge in [-0.25, -0.2) is 0 Å². The Morgan fingerprint density at radius 1 is 0.667 bits per heavy atom. The number of nitrogens with zero attached hydrogens (tertiary/aromatic N) is 4. The van der Waals surface area contributed by atoms with E-state index in [0.29, 0.717) is 30.3 Å². The fourth-order valence-electron chi connectivity index (χ4n) is 2.12. The van der Waals surface area contributed by atoms with Crippen molar-refractivity contribution >= 4 is 28.5 Å². The Bertz CT molecular complexity index is 964. The summed E-state index contributed by atoms with van der Waals surface area (Å²) < 4.78 is 0. The fraction of sp³-hybridized carbons (Fsp3) is 0. The van der Waals surface area contributed by atoms with Crippen molar-refractivity contribution in [1.82, 2.24) is 0 Å². The highest BCUT2D eigenvalue weighted by molar-refractivity contribution is 6.10. The maximum absolute atomic E-state index is 12.5. The fourth-order valence-corrected chi connectivity index (χ4v) is 2.12. The molecule has 1 N–H and O–H groups in total. The SMILES string of the molecule is O=C(c1cc([N+](=O)[O-])cc([N+](=O)[O-])c1)c1cc([N+](=O)[O-])c(O)c([N+](=O)[O-])c1. The molecular formula is C13H6N4O10. The Kier molecular flexibility index (Phi) is 4.74. The van der Waals surface area contributed by atoms with Gasteiger partial charge in [-0.15, -0.1) is 0 Å². The molecule has 138 valence electrons. The first-order chi connectivity index (χ1) is 12.5. The lowest BCUT2D eigenvalue weighted by molar-refractivity contribution is -0.396. The summed E-state index contributed by atoms with van der Waals surface area (Å²) in [6.45, 7) is 0. The molecule has 0 aromatic heterocycles. The largest absolute Gasteiger partial charge is 0.497 e. The van der Waals surface area contributed by atoms with Crippen LogP contribution in [0.25, 0.3) is 0 Å². The second-order valence-electron chi connectivity index (χ2n) is 4.96. The van der Waals surface area contributed by atoms with Gasteiger partial charge in [0.25, 0.3) is 17.1 Å². The van der Waals surface area contributed by atoms with E-state index in [0.717, 1.165) is 0 Å². The van der Waals surface area contributed by atoms with Crippen LogP contribution in [0.5, 0.6) is 5.75 Å². The van der Waals surface area contributed by atoms with Crippen LogP contribution < -0.4 is 0 Å². The highest BCUT2D eigenvalue weighted by atomic mass is 16.6. The van der Waals surface area contributed by atoms with Crippen molar-refractivity contribution in [2.24, 2.45) is 0 Å². The molecule has 0 aliphatic heterocycles. The van der Waals surface area contributed by atoms with Crippen LogP contribution in [-0.2, 0) is 0 Å². The Hall–Kier alpha value is -4.49. The predicted molar refractivity (Wildman–Crippen MR) is 84.6 cm³/mol. The number of aromatic hydroxyl groups is 1. The van der Waals surface area contributed by atoms with Crippen LogP contribution in [0.2, 0.25) is 0 Å². The van der Waals surface area contributed by atoms with Gasteiger partial charge in [0.1, 0.15) is 0 Å². The summed E-state index contributed by atoms with van der Waals surface area (Å²) in [5, 5.41) is 53.2. The van der Waals surface area contributed by atoms with E-state index in [-0.39, 0.29) is 0 Å². The third-order valence-electron chi connectivity index (χ3n) is 3.31. The van der Waals surface area contributed by atoms with Gasteiger partial charge in [-0.2, -0.15) is 0 Å². The van der Waals surface area contributed by atoms with Crippen LogP contribution in [-0.4, -0.2) is 30.6 Å². The van der Waals surface area contributed by atoms with E-state index in [1.807, 2.05) is 0 Å². The van der Waals surface area contributed by atoms with Gasteiger partial charge >= 0.3 is 11.4 Å². The summed E-state index contributed by atoms with van der Waals surface area (Å²) in [7, 11) is 0. The maximum atomic E-state index is 12.5. The molecule has 0 atom stereocenters. The molecule has 0 bridgehead atoms. The third kappa shape index (κ3) is 3.63. The van der Waals surface area contributed by atoms with Gasteiger partial charge in [0.15, 0.2) is 5.78 Å². The lowest BCUT2D eigenvalue weighted by atomic mass is 10.0. The van der Waals surface area contributed by atoms with E-state index < -0.39 is 65.1 Å². The van der Waals surface area contributed by atoms with Crippen molar-refractivity contribution in [3.05, 3.63) is 81.9 Å². The number of rotatable bonds is 6. The molecule has 0 spiro atoms. The minimum Gasteiger partial charge on any atom is -0.497 e. The van der Waals surface area contributed by atoms with E-state index >= 15 is 0 Å². The highest BCUT2D eigenvalue weighted by Gasteiger charge is 2.29. The number of carbonyl (C=O) groups is 1. The molecule has 0 saturated heterocycles. The molecule has 0 radical (unpaired) electrons. The quantitative estimate of drug-likeness (QED) is 0.440. The number of non-ortho nitro benzene ring substituents is 2. The van der Waals surface area contributed by atoms with Crippen molar-refractivity contribution < 1.29 is 29.6 Å². The number of benzene rings is 2. The standard InChI is InChI=1S/C13H6N4O10/c18-12(6-1-8(14(20)21)5-9(2-6)15(22)23)7-3-10(16(24)25)13(19)11(4-7)17(26)27/h1-5,19H. The van der Waals surface area contributed by atoms with Gasteiger partial charge in [0.05, 0.1) is 25.8 Å². The molecule has 14 heteroatoms. The van der Waals surface area contributed by atoms with Crippen LogP contribution in [0.1, 0.15) is 15.9 Å². The summed E-state index contributed by atoms with van der Waals surface area (Å²) in [6.07, 6.45) is 0. The number of ketones is 1. The topological polar surface area (TPSA) is 210 Å². The van der Waals surface area contributed by atoms with E-state index in [1.54, 1.807) is 0 Å². The number of hydrogen-bond donors (Lipinski definition) is 1. The molecule has 2 aromatic carbocycles. The molecule has 0 aliphatic rings. The monoisotopic (exact) mass is 378 g/mol. The Balaban J connectivity index is 2.71. The molecule has 0 unspecified atom stereocenters. The molecule has 2 aromatic rings. The van der Waals surface area contributed by atoms with Gasteiger partial charge in [-0.3, -0.25) is 45.3 Å². The van der Waals surface area contributed by atoms with Crippen molar-refractivity contribution in [1.29, 1.82) is 0 Å². The highest BCUT2D eigenvalue weighted by Crippen LogP contribution is 2.37. The van der Waals surface area contributed by atoms with Gasteiger partial charge < -0.3 is 5.11 Å². The average molecular weight is 378 g/mol. The van der Waals surface area contributed by atoms with E-state index in [2.05, 4.69) is 0 Å². The number of carbonyl (C=O) groups excluding carboxylic acids is 1. The number of hydrogen-bond acceptors (Lipinski definition) is 10. The normalized spacial score (nSPS) is 10.2. The molecule has 0 aliphatic carbocycles. The van der Waals surface area contributed by atoms with Crippen LogP contribution in [0.3, 0.4) is 0 Å². The number of phenols is 1. The summed E-state index contributed by atoms with van der Waals surface area (Å²) in [6, 6.07) is 3.00. The molecule has 0 heterocycles. The zero-order valence-corrected chi connectivity index (χ0v) is 12.8. The minimum absolute atomic E-state index is 0.523. The smallest absolute Gasteiger partial charge is 0.318 e. The lowest BCUT2D eigenvalue weighted by Gasteiger charge is -2.04. The minimum atomic E-state index is -1.29. The van der Waals surface area contributed by atoms with Crippen LogP contribution in [0.4, 0.5) is 22.7 Å². The van der Waals surface area contributed by atoms with Crippen molar-refractivity contribution in [3.63, 3.8) is 0 Å². The second-order valence-corrected chi connectivity index (χ2v) is 4.96. The van der Waals surface area contributed by atoms with Crippen LogP contribution in [0.15, 0.2) is 30.3 Å². The predicted octanol–water partition coefficient (Wildman–Crippen LogP) is 2.26. The first-order valence-electron chi connectivity index (χ1n) is 6.67. The summed E-state index contributed by atoms with van der Waals surface area (Å²) >= 11 is 0. The molecule has 27 heavy (non-hydrogen) atoms. The Morgan fingerprint density at radius 3 is 1.37 bits per heavy atom. The molecule has 0 amide bonds. The molecule has 14 nitrogen and oxygen atoms in total. The molecule has 0 saturated carbocycles. The number of phenolic OH excluding ortho intramolecular Hbond substituents is 1. The molecule has 0 fully saturated rings. The van der Waals surface area contributed by atoms with Gasteiger partial charge in [0.2, 0.25) is 0 Å². The molecule has 2 rings (SSSR count). The zero-order valence-electron chi connectivity index (χ0n) is 12.8. The maximum Gasteiger partial charge on any atom is 0.318 e. The van der Waals surface area contributed by atoms with Gasteiger partial charge in [-0.05, 0) is 0 Å². The Morgan fingerprint density at radius 2 is 1.04 bits per heavy atom. The van der Waals surface area contributed by atoms with E-state index in [4.69, 9.17) is 0 Å². The third-order valence-corrected chi connectivity index (χ3v) is 3.31. The Labute approximate surface area is 146 Å². The summed E-state index contributed by atoms with van der Waals surface area (Å²) in [4.78, 5) is 51.8. The van der Waals surface area contributed by atoms with Gasteiger partial charge in [-0.1, -0.05) is 0 Å².